The summed E-state index contributed by atoms with van der Waals surface area (Å²) in [7, 11) is 2.72. The molecule has 0 aliphatic heterocycles. The molecule has 0 saturated carbocycles. The van der Waals surface area contributed by atoms with Gasteiger partial charge in [0, 0.05) is 20.2 Å². The van der Waals surface area contributed by atoms with Crippen molar-refractivity contribution in [1.29, 1.82) is 0 Å². The maximum absolute atomic E-state index is 11.9. The highest BCUT2D eigenvalue weighted by Gasteiger charge is 2.13. The van der Waals surface area contributed by atoms with Crippen molar-refractivity contribution in [3.63, 3.8) is 0 Å². The van der Waals surface area contributed by atoms with E-state index in [9.17, 15) is 19.2 Å². The zero-order valence-electron chi connectivity index (χ0n) is 13.0. The molecule has 0 radical (unpaired) electrons. The van der Waals surface area contributed by atoms with E-state index in [0.29, 0.717) is 0 Å². The molecule has 0 aliphatic carbocycles. The molecule has 0 unspecified atom stereocenters. The number of hydrogen-bond acceptors (Lipinski definition) is 5. The minimum Gasteiger partial charge on any atom is -0.483 e. The smallest absolute Gasteiger partial charge is 0.339 e. The number of nitrogens with zero attached hydrogens (tertiary/aromatic N) is 2. The van der Waals surface area contributed by atoms with Crippen LogP contribution in [0.3, 0.4) is 0 Å². The van der Waals surface area contributed by atoms with E-state index in [2.05, 4.69) is 5.32 Å². The number of hydrogen-bond donors (Lipinski definition) is 2. The SMILES string of the molecule is Cn1c(NC(=O)COc2ccccc2C(=O)O)cc(=O)n(C)c1=O. The molecule has 1 aromatic carbocycles. The molecule has 0 atom stereocenters. The van der Waals surface area contributed by atoms with Crippen LogP contribution in [0.5, 0.6) is 5.75 Å². The molecule has 1 aromatic heterocycles. The molecule has 0 fully saturated rings. The maximum atomic E-state index is 11.9. The first-order valence-corrected chi connectivity index (χ1v) is 6.83. The van der Waals surface area contributed by atoms with Gasteiger partial charge in [-0.15, -0.1) is 0 Å². The Balaban J connectivity index is 2.12. The summed E-state index contributed by atoms with van der Waals surface area (Å²) >= 11 is 0. The van der Waals surface area contributed by atoms with Gasteiger partial charge in [-0.3, -0.25) is 18.7 Å². The van der Waals surface area contributed by atoms with Crippen molar-refractivity contribution in [2.75, 3.05) is 11.9 Å². The fraction of sp³-hybridized carbons (Fsp3) is 0.200. The number of para-hydroxylation sites is 1. The monoisotopic (exact) mass is 333 g/mol. The van der Waals surface area contributed by atoms with Crippen LogP contribution in [0.2, 0.25) is 0 Å². The van der Waals surface area contributed by atoms with Crippen LogP contribution in [0.15, 0.2) is 39.9 Å². The van der Waals surface area contributed by atoms with Gasteiger partial charge in [0.05, 0.1) is 0 Å². The van der Waals surface area contributed by atoms with Crippen molar-refractivity contribution in [1.82, 2.24) is 9.13 Å². The Kier molecular flexibility index (Phi) is 4.83. The van der Waals surface area contributed by atoms with E-state index >= 15 is 0 Å². The number of carbonyl (C=O) groups is 2. The Morgan fingerprint density at radius 2 is 1.83 bits per heavy atom. The summed E-state index contributed by atoms with van der Waals surface area (Å²) in [6, 6.07) is 6.98. The van der Waals surface area contributed by atoms with Crippen molar-refractivity contribution in [2.45, 2.75) is 0 Å². The van der Waals surface area contributed by atoms with Crippen LogP contribution in [0.25, 0.3) is 0 Å². The molecule has 1 amide bonds. The summed E-state index contributed by atoms with van der Waals surface area (Å²) in [6.07, 6.45) is 0. The molecule has 2 N–H and O–H groups in total. The summed E-state index contributed by atoms with van der Waals surface area (Å²) in [5, 5.41) is 11.4. The standard InChI is InChI=1S/C15H15N3O6/c1-17-11(7-13(20)18(2)15(17)23)16-12(19)8-24-10-6-4-3-5-9(10)14(21)22/h3-7H,8H2,1-2H3,(H,16,19)(H,21,22). The molecule has 2 rings (SSSR count). The Hall–Kier alpha value is -3.36. The van der Waals surface area contributed by atoms with E-state index in [1.165, 1.54) is 32.3 Å². The first-order chi connectivity index (χ1) is 11.3. The lowest BCUT2D eigenvalue weighted by Crippen LogP contribution is -2.38. The van der Waals surface area contributed by atoms with Crippen LogP contribution in [0, 0.1) is 0 Å². The van der Waals surface area contributed by atoms with Crippen molar-refractivity contribution < 1.29 is 19.4 Å². The highest BCUT2D eigenvalue weighted by molar-refractivity contribution is 5.92. The van der Waals surface area contributed by atoms with Crippen LogP contribution in [-0.2, 0) is 18.9 Å². The summed E-state index contributed by atoms with van der Waals surface area (Å²) in [6.45, 7) is -0.478. The Morgan fingerprint density at radius 3 is 2.50 bits per heavy atom. The number of amides is 1. The van der Waals surface area contributed by atoms with Crippen LogP contribution in [0.4, 0.5) is 5.82 Å². The second-order valence-corrected chi connectivity index (χ2v) is 4.91. The number of rotatable bonds is 5. The van der Waals surface area contributed by atoms with Gasteiger partial charge in [0.15, 0.2) is 6.61 Å². The van der Waals surface area contributed by atoms with Gasteiger partial charge in [-0.25, -0.2) is 9.59 Å². The van der Waals surface area contributed by atoms with Gasteiger partial charge in [0.25, 0.3) is 11.5 Å². The van der Waals surface area contributed by atoms with Crippen LogP contribution >= 0.6 is 0 Å². The number of aromatic nitrogens is 2. The predicted octanol–water partition coefficient (Wildman–Crippen LogP) is -0.200. The normalized spacial score (nSPS) is 10.2. The molecule has 9 nitrogen and oxygen atoms in total. The fourth-order valence-corrected chi connectivity index (χ4v) is 1.94. The molecule has 2 aromatic rings. The average Bonchev–Trinajstić information content (AvgIpc) is 2.56. The number of ether oxygens (including phenoxy) is 1. The first kappa shape index (κ1) is 17.0. The molecule has 24 heavy (non-hydrogen) atoms. The third-order valence-corrected chi connectivity index (χ3v) is 3.27. The van der Waals surface area contributed by atoms with Gasteiger partial charge in [0.1, 0.15) is 17.1 Å². The van der Waals surface area contributed by atoms with Crippen LogP contribution in [0.1, 0.15) is 10.4 Å². The number of carboxylic acids is 1. The summed E-state index contributed by atoms with van der Waals surface area (Å²) in [5.41, 5.74) is -1.23. The van der Waals surface area contributed by atoms with Crippen molar-refractivity contribution in [3.8, 4) is 5.75 Å². The second-order valence-electron chi connectivity index (χ2n) is 4.91. The highest BCUT2D eigenvalue weighted by atomic mass is 16.5. The van der Waals surface area contributed by atoms with Crippen molar-refractivity contribution in [2.24, 2.45) is 14.1 Å². The summed E-state index contributed by atoms with van der Waals surface area (Å²) in [5.74, 6) is -1.76. The lowest BCUT2D eigenvalue weighted by molar-refractivity contribution is -0.118. The van der Waals surface area contributed by atoms with Gasteiger partial charge < -0.3 is 15.2 Å². The topological polar surface area (TPSA) is 120 Å². The van der Waals surface area contributed by atoms with Gasteiger partial charge in [-0.1, -0.05) is 12.1 Å². The van der Waals surface area contributed by atoms with E-state index in [1.54, 1.807) is 6.07 Å². The van der Waals surface area contributed by atoms with E-state index < -0.39 is 29.7 Å². The minimum atomic E-state index is -1.18. The molecule has 9 heteroatoms. The zero-order valence-corrected chi connectivity index (χ0v) is 13.0. The van der Waals surface area contributed by atoms with Gasteiger partial charge in [-0.2, -0.15) is 0 Å². The number of anilines is 1. The van der Waals surface area contributed by atoms with Crippen LogP contribution in [-0.4, -0.2) is 32.7 Å². The third kappa shape index (κ3) is 3.51. The Bertz CT molecular complexity index is 912. The molecule has 1 heterocycles. The molecular weight excluding hydrogens is 318 g/mol. The lowest BCUT2D eigenvalue weighted by Gasteiger charge is -2.12. The molecule has 0 bridgehead atoms. The maximum Gasteiger partial charge on any atom is 0.339 e. The van der Waals surface area contributed by atoms with E-state index in [4.69, 9.17) is 9.84 Å². The Morgan fingerprint density at radius 1 is 1.17 bits per heavy atom. The number of nitrogens with one attached hydrogen (secondary N) is 1. The van der Waals surface area contributed by atoms with E-state index in [0.717, 1.165) is 15.2 Å². The number of aromatic carboxylic acids is 1. The molecule has 0 aliphatic rings. The third-order valence-electron chi connectivity index (χ3n) is 3.27. The van der Waals surface area contributed by atoms with Gasteiger partial charge in [-0.05, 0) is 12.1 Å². The number of carbonyl (C=O) groups excluding carboxylic acids is 1. The molecule has 0 spiro atoms. The number of benzene rings is 1. The quantitative estimate of drug-likeness (QED) is 0.782. The van der Waals surface area contributed by atoms with Crippen molar-refractivity contribution >= 4 is 17.7 Å². The average molecular weight is 333 g/mol. The van der Waals surface area contributed by atoms with E-state index in [1.807, 2.05) is 0 Å². The number of carboxylic acid groups (broad SMARTS) is 1. The summed E-state index contributed by atoms with van der Waals surface area (Å²) in [4.78, 5) is 46.3. The Labute approximate surface area is 135 Å². The van der Waals surface area contributed by atoms with E-state index in [-0.39, 0.29) is 17.1 Å². The summed E-state index contributed by atoms with van der Waals surface area (Å²) < 4.78 is 7.19. The highest BCUT2D eigenvalue weighted by Crippen LogP contribution is 2.17. The molecular formula is C15H15N3O6. The van der Waals surface area contributed by atoms with Gasteiger partial charge >= 0.3 is 11.7 Å². The minimum absolute atomic E-state index is 0.0169. The fourth-order valence-electron chi connectivity index (χ4n) is 1.94. The largest absolute Gasteiger partial charge is 0.483 e. The molecule has 0 saturated heterocycles. The zero-order chi connectivity index (χ0) is 17.9. The van der Waals surface area contributed by atoms with Gasteiger partial charge in [0.2, 0.25) is 0 Å². The predicted molar refractivity (Wildman–Crippen MR) is 84.5 cm³/mol. The van der Waals surface area contributed by atoms with Crippen molar-refractivity contribution in [3.05, 3.63) is 56.7 Å². The van der Waals surface area contributed by atoms with Crippen LogP contribution < -0.4 is 21.3 Å². The lowest BCUT2D eigenvalue weighted by atomic mass is 10.2. The molecule has 126 valence electrons. The second kappa shape index (κ2) is 6.82. The first-order valence-electron chi connectivity index (χ1n) is 6.83.